The third-order valence-corrected chi connectivity index (χ3v) is 5.84. The van der Waals surface area contributed by atoms with Gasteiger partial charge in [-0.25, -0.2) is 19.6 Å². The number of aromatic nitrogens is 3. The highest BCUT2D eigenvalue weighted by Gasteiger charge is 2.43. The quantitative estimate of drug-likeness (QED) is 0.575. The standard InChI is InChI=1S/C25H31N5O4/c1-5-33-23(31)20-18(12-9-13-29(20)24(32)34-25(2,3)4)30-14-17(16-10-7-6-8-11-16)19-21(26)27-15-28-22(19)30/h6-8,10-11,14-15,18,20H,5,9,12-13H2,1-4H3,(H2,26,27,28). The lowest BCUT2D eigenvalue weighted by molar-refractivity contribution is -0.152. The Labute approximate surface area is 198 Å². The minimum Gasteiger partial charge on any atom is -0.464 e. The van der Waals surface area contributed by atoms with E-state index in [2.05, 4.69) is 9.97 Å². The maximum Gasteiger partial charge on any atom is 0.411 e. The fourth-order valence-corrected chi connectivity index (χ4v) is 4.50. The maximum absolute atomic E-state index is 13.2. The fourth-order valence-electron chi connectivity index (χ4n) is 4.50. The molecular formula is C25H31N5O4. The van der Waals surface area contributed by atoms with Crippen molar-refractivity contribution >= 4 is 28.9 Å². The zero-order valence-electron chi connectivity index (χ0n) is 20.0. The van der Waals surface area contributed by atoms with Crippen LogP contribution < -0.4 is 5.73 Å². The molecule has 4 rings (SSSR count). The van der Waals surface area contributed by atoms with Crippen LogP contribution in [0.15, 0.2) is 42.9 Å². The van der Waals surface area contributed by atoms with Gasteiger partial charge in [-0.2, -0.15) is 0 Å². The minimum absolute atomic E-state index is 0.209. The Morgan fingerprint density at radius 3 is 2.59 bits per heavy atom. The number of carbonyl (C=O) groups is 2. The van der Waals surface area contributed by atoms with E-state index < -0.39 is 29.7 Å². The van der Waals surface area contributed by atoms with Crippen LogP contribution in [0.1, 0.15) is 46.6 Å². The molecule has 9 nitrogen and oxygen atoms in total. The highest BCUT2D eigenvalue weighted by atomic mass is 16.6. The molecule has 9 heteroatoms. The Morgan fingerprint density at radius 1 is 1.18 bits per heavy atom. The summed E-state index contributed by atoms with van der Waals surface area (Å²) in [6.07, 6.45) is 4.17. The van der Waals surface area contributed by atoms with E-state index in [1.54, 1.807) is 27.7 Å². The molecule has 2 N–H and O–H groups in total. The number of anilines is 1. The van der Waals surface area contributed by atoms with E-state index in [9.17, 15) is 9.59 Å². The minimum atomic E-state index is -0.862. The lowest BCUT2D eigenvalue weighted by Crippen LogP contribution is -2.54. The Hall–Kier alpha value is -3.62. The van der Waals surface area contributed by atoms with E-state index in [4.69, 9.17) is 15.2 Å². The van der Waals surface area contributed by atoms with Crippen molar-refractivity contribution in [2.24, 2.45) is 0 Å². The Morgan fingerprint density at radius 2 is 1.91 bits per heavy atom. The maximum atomic E-state index is 13.2. The normalized spacial score (nSPS) is 18.6. The predicted molar refractivity (Wildman–Crippen MR) is 129 cm³/mol. The average molecular weight is 466 g/mol. The number of nitrogen functional groups attached to an aromatic ring is 1. The van der Waals surface area contributed by atoms with E-state index >= 15 is 0 Å². The van der Waals surface area contributed by atoms with Crippen molar-refractivity contribution in [3.05, 3.63) is 42.9 Å². The Balaban J connectivity index is 1.84. The monoisotopic (exact) mass is 465 g/mol. The summed E-state index contributed by atoms with van der Waals surface area (Å²) < 4.78 is 13.0. The van der Waals surface area contributed by atoms with Gasteiger partial charge in [0, 0.05) is 18.3 Å². The van der Waals surface area contributed by atoms with Crippen molar-refractivity contribution in [2.45, 2.75) is 58.2 Å². The number of nitrogens with zero attached hydrogens (tertiary/aromatic N) is 4. The van der Waals surface area contributed by atoms with Crippen molar-refractivity contribution in [1.82, 2.24) is 19.4 Å². The number of piperidine rings is 1. The lowest BCUT2D eigenvalue weighted by atomic mass is 9.96. The van der Waals surface area contributed by atoms with Crippen LogP contribution in [0.4, 0.5) is 10.6 Å². The van der Waals surface area contributed by atoms with Crippen molar-refractivity contribution in [3.63, 3.8) is 0 Å². The number of carbonyl (C=O) groups excluding carboxylic acids is 2. The highest BCUT2D eigenvalue weighted by molar-refractivity contribution is 6.00. The Kier molecular flexibility index (Phi) is 6.45. The van der Waals surface area contributed by atoms with E-state index in [1.807, 2.05) is 41.1 Å². The van der Waals surface area contributed by atoms with E-state index in [1.165, 1.54) is 11.2 Å². The molecule has 2 aromatic heterocycles. The summed E-state index contributed by atoms with van der Waals surface area (Å²) in [5.74, 6) is -0.113. The van der Waals surface area contributed by atoms with Gasteiger partial charge in [-0.3, -0.25) is 4.90 Å². The SMILES string of the molecule is CCOC(=O)C1C(n2cc(-c3ccccc3)c3c(N)ncnc32)CCCN1C(=O)OC(C)(C)C. The van der Waals surface area contributed by atoms with Gasteiger partial charge in [0.2, 0.25) is 0 Å². The second kappa shape index (κ2) is 9.32. The number of benzene rings is 1. The molecule has 2 atom stereocenters. The number of hydrogen-bond acceptors (Lipinski definition) is 7. The van der Waals surface area contributed by atoms with Gasteiger partial charge in [-0.15, -0.1) is 0 Å². The van der Waals surface area contributed by atoms with Crippen molar-refractivity contribution in [3.8, 4) is 11.1 Å². The number of esters is 1. The largest absolute Gasteiger partial charge is 0.464 e. The molecular weight excluding hydrogens is 434 g/mol. The summed E-state index contributed by atoms with van der Waals surface area (Å²) >= 11 is 0. The average Bonchev–Trinajstić information content (AvgIpc) is 3.19. The molecule has 180 valence electrons. The van der Waals surface area contributed by atoms with E-state index in [0.29, 0.717) is 36.2 Å². The van der Waals surface area contributed by atoms with Crippen LogP contribution >= 0.6 is 0 Å². The van der Waals surface area contributed by atoms with Gasteiger partial charge < -0.3 is 19.8 Å². The van der Waals surface area contributed by atoms with Crippen molar-refractivity contribution < 1.29 is 19.1 Å². The molecule has 1 amide bonds. The smallest absolute Gasteiger partial charge is 0.411 e. The number of amides is 1. The molecule has 0 aliphatic carbocycles. The molecule has 1 fully saturated rings. The number of rotatable bonds is 4. The molecule has 1 aliphatic rings. The Bertz CT molecular complexity index is 1190. The van der Waals surface area contributed by atoms with Crippen LogP contribution in [0.25, 0.3) is 22.2 Å². The third-order valence-electron chi connectivity index (χ3n) is 5.84. The fraction of sp³-hybridized carbons (Fsp3) is 0.440. The van der Waals surface area contributed by atoms with Gasteiger partial charge >= 0.3 is 12.1 Å². The van der Waals surface area contributed by atoms with Gasteiger partial charge in [0.05, 0.1) is 18.0 Å². The van der Waals surface area contributed by atoms with Crippen LogP contribution in [-0.4, -0.2) is 56.3 Å². The molecule has 2 unspecified atom stereocenters. The number of nitrogens with two attached hydrogens (primary N) is 1. The van der Waals surface area contributed by atoms with E-state index in [0.717, 1.165) is 11.1 Å². The topological polar surface area (TPSA) is 113 Å². The second-order valence-corrected chi connectivity index (χ2v) is 9.35. The molecule has 1 aromatic carbocycles. The molecule has 0 radical (unpaired) electrons. The lowest BCUT2D eigenvalue weighted by Gasteiger charge is -2.40. The molecule has 0 spiro atoms. The first-order valence-corrected chi connectivity index (χ1v) is 11.5. The number of likely N-dealkylation sites (tertiary alicyclic amines) is 1. The predicted octanol–water partition coefficient (Wildman–Crippen LogP) is 4.18. The summed E-state index contributed by atoms with van der Waals surface area (Å²) in [4.78, 5) is 36.5. The third kappa shape index (κ3) is 4.55. The molecule has 1 saturated heterocycles. The summed E-state index contributed by atoms with van der Waals surface area (Å²) in [7, 11) is 0. The number of ether oxygens (including phenoxy) is 2. The van der Waals surface area contributed by atoms with E-state index in [-0.39, 0.29) is 6.61 Å². The molecule has 3 aromatic rings. The number of fused-ring (bicyclic) bond motifs is 1. The van der Waals surface area contributed by atoms with Crippen LogP contribution in [0.5, 0.6) is 0 Å². The first-order valence-electron chi connectivity index (χ1n) is 11.5. The second-order valence-electron chi connectivity index (χ2n) is 9.35. The van der Waals surface area contributed by atoms with Gasteiger partial charge in [0.25, 0.3) is 0 Å². The highest BCUT2D eigenvalue weighted by Crippen LogP contribution is 2.38. The summed E-state index contributed by atoms with van der Waals surface area (Å²) in [6.45, 7) is 7.77. The summed E-state index contributed by atoms with van der Waals surface area (Å²) in [5.41, 5.74) is 8.03. The van der Waals surface area contributed by atoms with Gasteiger partial charge in [0.1, 0.15) is 23.4 Å². The summed E-state index contributed by atoms with van der Waals surface area (Å²) in [6, 6.07) is 8.55. The van der Waals surface area contributed by atoms with Crippen LogP contribution in [0.3, 0.4) is 0 Å². The van der Waals surface area contributed by atoms with Crippen molar-refractivity contribution in [2.75, 3.05) is 18.9 Å². The van der Waals surface area contributed by atoms with Gasteiger partial charge in [-0.1, -0.05) is 30.3 Å². The molecule has 3 heterocycles. The zero-order valence-corrected chi connectivity index (χ0v) is 20.0. The van der Waals surface area contributed by atoms with Crippen LogP contribution in [0, 0.1) is 0 Å². The first-order chi connectivity index (χ1) is 16.2. The van der Waals surface area contributed by atoms with Crippen LogP contribution in [0.2, 0.25) is 0 Å². The molecule has 1 aliphatic heterocycles. The van der Waals surface area contributed by atoms with Gasteiger partial charge in [0.15, 0.2) is 6.04 Å². The van der Waals surface area contributed by atoms with Crippen LogP contribution in [-0.2, 0) is 14.3 Å². The molecule has 0 bridgehead atoms. The molecule has 0 saturated carbocycles. The van der Waals surface area contributed by atoms with Gasteiger partial charge in [-0.05, 0) is 46.1 Å². The number of hydrogen-bond donors (Lipinski definition) is 1. The first kappa shape index (κ1) is 23.5. The molecule has 34 heavy (non-hydrogen) atoms. The summed E-state index contributed by atoms with van der Waals surface area (Å²) in [5, 5.41) is 0.714. The van der Waals surface area contributed by atoms with Crippen molar-refractivity contribution in [1.29, 1.82) is 0 Å². The zero-order chi connectivity index (χ0) is 24.5.